The number of hydrogen-bond donors (Lipinski definition) is 1. The van der Waals surface area contributed by atoms with Crippen molar-refractivity contribution in [3.63, 3.8) is 0 Å². The number of aromatic amines is 1. The molecule has 19 heavy (non-hydrogen) atoms. The SMILES string of the molecule is CCSC1CCCC1n1c(=S)[nH]c2cc(I)ccc21. The fourth-order valence-corrected chi connectivity index (χ4v) is 5.12. The smallest absolute Gasteiger partial charge is 0.178 e. The van der Waals surface area contributed by atoms with Gasteiger partial charge in [0.1, 0.15) is 0 Å². The molecule has 5 heteroatoms. The number of nitrogens with zero attached hydrogens (tertiary/aromatic N) is 1. The van der Waals surface area contributed by atoms with Crippen molar-refractivity contribution in [2.24, 2.45) is 0 Å². The maximum Gasteiger partial charge on any atom is 0.178 e. The van der Waals surface area contributed by atoms with Gasteiger partial charge >= 0.3 is 0 Å². The molecule has 0 amide bonds. The van der Waals surface area contributed by atoms with Crippen LogP contribution < -0.4 is 0 Å². The van der Waals surface area contributed by atoms with Crippen molar-refractivity contribution in [3.05, 3.63) is 26.5 Å². The zero-order valence-corrected chi connectivity index (χ0v) is 14.6. The van der Waals surface area contributed by atoms with Gasteiger partial charge in [-0.05, 0) is 71.6 Å². The zero-order valence-electron chi connectivity index (χ0n) is 10.9. The third-order valence-electron chi connectivity index (χ3n) is 3.81. The summed E-state index contributed by atoms with van der Waals surface area (Å²) in [6.07, 6.45) is 3.90. The van der Waals surface area contributed by atoms with Crippen molar-refractivity contribution in [2.45, 2.75) is 37.5 Å². The van der Waals surface area contributed by atoms with Gasteiger partial charge in [0.25, 0.3) is 0 Å². The molecule has 102 valence electrons. The Morgan fingerprint density at radius 2 is 2.32 bits per heavy atom. The molecule has 1 fully saturated rings. The van der Waals surface area contributed by atoms with E-state index in [0.717, 1.165) is 10.0 Å². The lowest BCUT2D eigenvalue weighted by Gasteiger charge is -2.21. The van der Waals surface area contributed by atoms with E-state index in [2.05, 4.69) is 69.0 Å². The molecule has 0 spiro atoms. The van der Waals surface area contributed by atoms with E-state index in [-0.39, 0.29) is 0 Å². The van der Waals surface area contributed by atoms with Crippen molar-refractivity contribution in [3.8, 4) is 0 Å². The van der Waals surface area contributed by atoms with E-state index in [1.807, 2.05) is 0 Å². The number of imidazole rings is 1. The first-order valence-electron chi connectivity index (χ1n) is 6.72. The second-order valence-corrected chi connectivity index (χ2v) is 8.10. The second-order valence-electron chi connectivity index (χ2n) is 4.95. The second kappa shape index (κ2) is 5.77. The van der Waals surface area contributed by atoms with Crippen molar-refractivity contribution in [1.82, 2.24) is 9.55 Å². The first kappa shape index (κ1) is 13.9. The van der Waals surface area contributed by atoms with Crippen LogP contribution in [0.15, 0.2) is 18.2 Å². The van der Waals surface area contributed by atoms with Crippen LogP contribution in [-0.4, -0.2) is 20.6 Å². The number of nitrogens with one attached hydrogen (secondary N) is 1. The highest BCUT2D eigenvalue weighted by molar-refractivity contribution is 14.1. The standard InChI is InChI=1S/C14H17IN2S2/c1-2-19-13-5-3-4-12(13)17-11-7-6-9(15)8-10(11)16-14(17)18/h6-8,12-13H,2-5H2,1H3,(H,16,18). The molecule has 1 aliphatic carbocycles. The Bertz CT molecular complexity index is 646. The van der Waals surface area contributed by atoms with E-state index in [4.69, 9.17) is 12.2 Å². The van der Waals surface area contributed by atoms with Crippen LogP contribution in [0.3, 0.4) is 0 Å². The lowest BCUT2D eigenvalue weighted by atomic mass is 10.2. The summed E-state index contributed by atoms with van der Waals surface area (Å²) in [6, 6.07) is 7.11. The average molecular weight is 404 g/mol. The van der Waals surface area contributed by atoms with Gasteiger partial charge in [0.15, 0.2) is 4.77 Å². The molecule has 0 saturated heterocycles. The Kier molecular flexibility index (Phi) is 4.24. The molecule has 0 radical (unpaired) electrons. The first-order chi connectivity index (χ1) is 9.20. The molecule has 3 rings (SSSR count). The number of H-pyrrole nitrogens is 1. The fourth-order valence-electron chi connectivity index (χ4n) is 3.04. The van der Waals surface area contributed by atoms with Crippen molar-refractivity contribution < 1.29 is 0 Å². The number of rotatable bonds is 3. The lowest BCUT2D eigenvalue weighted by molar-refractivity contribution is 0.536. The van der Waals surface area contributed by atoms with Crippen molar-refractivity contribution >= 4 is 57.6 Å². The van der Waals surface area contributed by atoms with Crippen LogP contribution in [-0.2, 0) is 0 Å². The van der Waals surface area contributed by atoms with Crippen LogP contribution in [0, 0.1) is 8.34 Å². The minimum absolute atomic E-state index is 0.561. The number of benzene rings is 1. The normalized spacial score (nSPS) is 23.3. The summed E-state index contributed by atoms with van der Waals surface area (Å²) in [5, 5.41) is 0.718. The highest BCUT2D eigenvalue weighted by Crippen LogP contribution is 2.40. The third-order valence-corrected chi connectivity index (χ3v) is 6.09. The van der Waals surface area contributed by atoms with Gasteiger partial charge in [-0.3, -0.25) is 0 Å². The van der Waals surface area contributed by atoms with Gasteiger partial charge in [0.05, 0.1) is 11.0 Å². The Labute approximate surface area is 136 Å². The predicted octanol–water partition coefficient (Wildman–Crippen LogP) is 5.15. The average Bonchev–Trinajstić information content (AvgIpc) is 2.92. The monoisotopic (exact) mass is 404 g/mol. The van der Waals surface area contributed by atoms with Gasteiger partial charge in [-0.1, -0.05) is 13.3 Å². The number of thioether (sulfide) groups is 1. The molecule has 1 aliphatic rings. The molecule has 0 bridgehead atoms. The maximum atomic E-state index is 5.57. The quantitative estimate of drug-likeness (QED) is 0.564. The molecule has 1 N–H and O–H groups in total. The van der Waals surface area contributed by atoms with Gasteiger partial charge in [-0.25, -0.2) is 0 Å². The molecule has 1 aromatic carbocycles. The summed E-state index contributed by atoms with van der Waals surface area (Å²) in [7, 11) is 0. The highest BCUT2D eigenvalue weighted by Gasteiger charge is 2.30. The van der Waals surface area contributed by atoms with E-state index in [0.29, 0.717) is 6.04 Å². The van der Waals surface area contributed by atoms with Crippen molar-refractivity contribution in [1.29, 1.82) is 0 Å². The molecule has 1 aromatic heterocycles. The Morgan fingerprint density at radius 1 is 1.47 bits per heavy atom. The van der Waals surface area contributed by atoms with Crippen LogP contribution in [0.5, 0.6) is 0 Å². The molecule has 1 heterocycles. The van der Waals surface area contributed by atoms with E-state index in [1.54, 1.807) is 0 Å². The molecular formula is C14H17IN2S2. The number of aromatic nitrogens is 2. The summed E-state index contributed by atoms with van der Waals surface area (Å²) in [4.78, 5) is 3.37. The topological polar surface area (TPSA) is 20.7 Å². The molecule has 2 nitrogen and oxygen atoms in total. The van der Waals surface area contributed by atoms with Crippen LogP contribution in [0.2, 0.25) is 0 Å². The van der Waals surface area contributed by atoms with Gasteiger partial charge in [-0.2, -0.15) is 11.8 Å². The summed E-state index contributed by atoms with van der Waals surface area (Å²) in [5.74, 6) is 1.19. The minimum Gasteiger partial charge on any atom is -0.331 e. The van der Waals surface area contributed by atoms with E-state index in [9.17, 15) is 0 Å². The Morgan fingerprint density at radius 3 is 3.11 bits per heavy atom. The lowest BCUT2D eigenvalue weighted by Crippen LogP contribution is -2.16. The maximum absolute atomic E-state index is 5.57. The number of fused-ring (bicyclic) bond motifs is 1. The molecule has 1 saturated carbocycles. The molecule has 2 unspecified atom stereocenters. The van der Waals surface area contributed by atoms with Gasteiger partial charge in [0, 0.05) is 14.9 Å². The summed E-state index contributed by atoms with van der Waals surface area (Å²) in [6.45, 7) is 2.25. The van der Waals surface area contributed by atoms with Crippen LogP contribution in [0.1, 0.15) is 32.2 Å². The summed E-state index contributed by atoms with van der Waals surface area (Å²) >= 11 is 10.00. The third kappa shape index (κ3) is 2.61. The van der Waals surface area contributed by atoms with Gasteiger partial charge in [-0.15, -0.1) is 0 Å². The summed E-state index contributed by atoms with van der Waals surface area (Å²) in [5.41, 5.74) is 2.43. The Balaban J connectivity index is 2.09. The van der Waals surface area contributed by atoms with Crippen LogP contribution in [0.25, 0.3) is 11.0 Å². The largest absolute Gasteiger partial charge is 0.331 e. The van der Waals surface area contributed by atoms with E-state index >= 15 is 0 Å². The number of halogens is 1. The van der Waals surface area contributed by atoms with Crippen molar-refractivity contribution in [2.75, 3.05) is 5.75 Å². The predicted molar refractivity (Wildman–Crippen MR) is 94.6 cm³/mol. The van der Waals surface area contributed by atoms with Gasteiger partial charge < -0.3 is 9.55 Å². The number of hydrogen-bond acceptors (Lipinski definition) is 2. The Hall–Kier alpha value is -0.0100. The van der Waals surface area contributed by atoms with Crippen LogP contribution >= 0.6 is 46.6 Å². The highest BCUT2D eigenvalue weighted by atomic mass is 127. The fraction of sp³-hybridized carbons (Fsp3) is 0.500. The van der Waals surface area contributed by atoms with E-state index in [1.165, 1.54) is 39.6 Å². The first-order valence-corrected chi connectivity index (χ1v) is 9.25. The molecule has 2 atom stereocenters. The summed E-state index contributed by atoms with van der Waals surface area (Å²) < 4.78 is 4.49. The molecular weight excluding hydrogens is 387 g/mol. The van der Waals surface area contributed by atoms with E-state index < -0.39 is 0 Å². The van der Waals surface area contributed by atoms with Crippen LogP contribution in [0.4, 0.5) is 0 Å². The molecule has 2 aromatic rings. The molecule has 0 aliphatic heterocycles. The van der Waals surface area contributed by atoms with Gasteiger partial charge in [0.2, 0.25) is 0 Å². The minimum atomic E-state index is 0.561. The zero-order chi connectivity index (χ0) is 13.4.